The number of carbonyl (C=O) groups is 1. The number of halogens is 3. The number of benzene rings is 1. The Morgan fingerprint density at radius 1 is 1.17 bits per heavy atom. The largest absolute Gasteiger partial charge is 0.496 e. The van der Waals surface area contributed by atoms with Crippen LogP contribution in [0.1, 0.15) is 10.4 Å². The van der Waals surface area contributed by atoms with Crippen molar-refractivity contribution in [3.63, 3.8) is 0 Å². The van der Waals surface area contributed by atoms with Gasteiger partial charge < -0.3 is 14.2 Å². The summed E-state index contributed by atoms with van der Waals surface area (Å²) in [6.45, 7) is -0.363. The van der Waals surface area contributed by atoms with Gasteiger partial charge in [-0.3, -0.25) is 0 Å². The topological polar surface area (TPSA) is 44.8 Å². The number of rotatable bonds is 4. The smallest absolute Gasteiger partial charge is 0.345 e. The van der Waals surface area contributed by atoms with Crippen molar-refractivity contribution in [1.29, 1.82) is 0 Å². The van der Waals surface area contributed by atoms with Crippen LogP contribution in [0, 0.1) is 0 Å². The normalized spacial score (nSPS) is 10.9. The van der Waals surface area contributed by atoms with Crippen molar-refractivity contribution >= 4 is 40.8 Å². The van der Waals surface area contributed by atoms with Gasteiger partial charge in [-0.15, -0.1) is 0 Å². The molecule has 0 radical (unpaired) electrons. The Kier molecular flexibility index (Phi) is 5.38. The molecule has 100 valence electrons. The average molecular weight is 314 g/mol. The van der Waals surface area contributed by atoms with Gasteiger partial charge in [-0.2, -0.15) is 0 Å². The average Bonchev–Trinajstić information content (AvgIpc) is 2.33. The third-order valence-electron chi connectivity index (χ3n) is 2.00. The Bertz CT molecular complexity index is 407. The lowest BCUT2D eigenvalue weighted by Crippen LogP contribution is -2.18. The Morgan fingerprint density at radius 3 is 2.06 bits per heavy atom. The van der Waals surface area contributed by atoms with Crippen LogP contribution in [0.25, 0.3) is 0 Å². The van der Waals surface area contributed by atoms with E-state index in [-0.39, 0.29) is 12.2 Å². The number of esters is 1. The van der Waals surface area contributed by atoms with E-state index >= 15 is 0 Å². The van der Waals surface area contributed by atoms with E-state index in [0.29, 0.717) is 11.5 Å². The fourth-order valence-corrected chi connectivity index (χ4v) is 1.44. The maximum Gasteiger partial charge on any atom is 0.345 e. The monoisotopic (exact) mass is 312 g/mol. The van der Waals surface area contributed by atoms with Crippen molar-refractivity contribution in [3.8, 4) is 11.5 Å². The zero-order valence-corrected chi connectivity index (χ0v) is 12.0. The van der Waals surface area contributed by atoms with E-state index in [1.165, 1.54) is 14.2 Å². The minimum Gasteiger partial charge on any atom is -0.496 e. The molecule has 1 rings (SSSR count). The van der Waals surface area contributed by atoms with Gasteiger partial charge in [0, 0.05) is 0 Å². The minimum absolute atomic E-state index is 0.150. The Morgan fingerprint density at radius 2 is 1.67 bits per heavy atom. The molecule has 0 aliphatic carbocycles. The van der Waals surface area contributed by atoms with Gasteiger partial charge in [0.15, 0.2) is 0 Å². The predicted molar refractivity (Wildman–Crippen MR) is 70.1 cm³/mol. The zero-order valence-electron chi connectivity index (χ0n) is 9.71. The number of carbonyl (C=O) groups excluding carboxylic acids is 1. The number of ether oxygens (including phenoxy) is 3. The van der Waals surface area contributed by atoms with E-state index in [4.69, 9.17) is 49.0 Å². The summed E-state index contributed by atoms with van der Waals surface area (Å²) >= 11 is 16.5. The third kappa shape index (κ3) is 4.12. The van der Waals surface area contributed by atoms with E-state index in [9.17, 15) is 4.79 Å². The van der Waals surface area contributed by atoms with Gasteiger partial charge in [-0.05, 0) is 12.1 Å². The summed E-state index contributed by atoms with van der Waals surface area (Å²) in [4.78, 5) is 11.9. The lowest BCUT2D eigenvalue weighted by Gasteiger charge is -2.14. The Labute approximate surface area is 120 Å². The Hall–Kier alpha value is -0.840. The summed E-state index contributed by atoms with van der Waals surface area (Å²) in [5, 5.41) is 0. The van der Waals surface area contributed by atoms with E-state index in [2.05, 4.69) is 0 Å². The molecule has 1 aromatic carbocycles. The van der Waals surface area contributed by atoms with E-state index in [0.717, 1.165) is 0 Å². The predicted octanol–water partition coefficient (Wildman–Crippen LogP) is 3.23. The molecular weight excluding hydrogens is 302 g/mol. The molecule has 0 atom stereocenters. The lowest BCUT2D eigenvalue weighted by molar-refractivity contribution is 0.0504. The number of hydrogen-bond acceptors (Lipinski definition) is 4. The first-order valence-corrected chi connectivity index (χ1v) is 5.97. The molecular formula is C11H11Cl3O4. The standard InChI is InChI=1S/C11H11Cl3O4/c1-16-7-4-3-5-8(17-2)9(7)10(15)18-6-11(12,13)14/h3-5H,6H2,1-2H3. The van der Waals surface area contributed by atoms with Gasteiger partial charge in [0.05, 0.1) is 14.2 Å². The van der Waals surface area contributed by atoms with E-state index < -0.39 is 9.76 Å². The van der Waals surface area contributed by atoms with Crippen LogP contribution in [0.4, 0.5) is 0 Å². The highest BCUT2D eigenvalue weighted by atomic mass is 35.6. The van der Waals surface area contributed by atoms with Crippen LogP contribution < -0.4 is 9.47 Å². The fraction of sp³-hybridized carbons (Fsp3) is 0.364. The minimum atomic E-state index is -1.66. The summed E-state index contributed by atoms with van der Waals surface area (Å²) in [7, 11) is 2.86. The number of hydrogen-bond donors (Lipinski definition) is 0. The highest BCUT2D eigenvalue weighted by molar-refractivity contribution is 6.67. The molecule has 0 saturated heterocycles. The van der Waals surface area contributed by atoms with Gasteiger partial charge >= 0.3 is 5.97 Å². The molecule has 4 nitrogen and oxygen atoms in total. The van der Waals surface area contributed by atoms with E-state index in [1.807, 2.05) is 0 Å². The SMILES string of the molecule is COc1cccc(OC)c1C(=O)OCC(Cl)(Cl)Cl. The number of alkyl halides is 3. The summed E-state index contributed by atoms with van der Waals surface area (Å²) in [5.41, 5.74) is 0.150. The first kappa shape index (κ1) is 15.2. The second kappa shape index (κ2) is 6.36. The van der Waals surface area contributed by atoms with Crippen LogP contribution in [-0.4, -0.2) is 30.6 Å². The van der Waals surface area contributed by atoms with Crippen LogP contribution in [-0.2, 0) is 4.74 Å². The second-order valence-corrected chi connectivity index (χ2v) is 5.74. The first-order valence-electron chi connectivity index (χ1n) is 4.84. The maximum atomic E-state index is 11.9. The highest BCUT2D eigenvalue weighted by Gasteiger charge is 2.25. The van der Waals surface area contributed by atoms with Crippen LogP contribution in [0.3, 0.4) is 0 Å². The molecule has 18 heavy (non-hydrogen) atoms. The molecule has 0 heterocycles. The van der Waals surface area contributed by atoms with Gasteiger partial charge in [0.2, 0.25) is 3.79 Å². The van der Waals surface area contributed by atoms with Crippen molar-refractivity contribution in [2.75, 3.05) is 20.8 Å². The molecule has 0 aromatic heterocycles. The maximum absolute atomic E-state index is 11.9. The molecule has 0 aliphatic rings. The van der Waals surface area contributed by atoms with Crippen molar-refractivity contribution in [2.24, 2.45) is 0 Å². The zero-order chi connectivity index (χ0) is 13.8. The van der Waals surface area contributed by atoms with Gasteiger partial charge in [0.25, 0.3) is 0 Å². The molecule has 0 amide bonds. The second-order valence-electron chi connectivity index (χ2n) is 3.23. The van der Waals surface area contributed by atoms with Crippen LogP contribution in [0.15, 0.2) is 18.2 Å². The fourth-order valence-electron chi connectivity index (χ4n) is 1.27. The molecule has 0 fully saturated rings. The molecule has 0 unspecified atom stereocenters. The first-order chi connectivity index (χ1) is 8.39. The van der Waals surface area contributed by atoms with Crippen LogP contribution >= 0.6 is 34.8 Å². The van der Waals surface area contributed by atoms with Gasteiger partial charge in [-0.1, -0.05) is 40.9 Å². The van der Waals surface area contributed by atoms with Gasteiger partial charge in [-0.25, -0.2) is 4.79 Å². The molecule has 0 spiro atoms. The summed E-state index contributed by atoms with van der Waals surface area (Å²) < 4.78 is 13.3. The van der Waals surface area contributed by atoms with Crippen LogP contribution in [0.2, 0.25) is 0 Å². The molecule has 1 aromatic rings. The lowest BCUT2D eigenvalue weighted by atomic mass is 10.2. The molecule has 0 N–H and O–H groups in total. The summed E-state index contributed by atoms with van der Waals surface area (Å²) in [6, 6.07) is 4.90. The van der Waals surface area contributed by atoms with E-state index in [1.54, 1.807) is 18.2 Å². The summed E-state index contributed by atoms with van der Waals surface area (Å²) in [5.74, 6) is -0.0389. The number of methoxy groups -OCH3 is 2. The molecule has 7 heteroatoms. The van der Waals surface area contributed by atoms with Crippen LogP contribution in [0.5, 0.6) is 11.5 Å². The highest BCUT2D eigenvalue weighted by Crippen LogP contribution is 2.31. The van der Waals surface area contributed by atoms with Crippen molar-refractivity contribution in [3.05, 3.63) is 23.8 Å². The van der Waals surface area contributed by atoms with Gasteiger partial charge in [0.1, 0.15) is 23.7 Å². The van der Waals surface area contributed by atoms with Crippen molar-refractivity contribution in [2.45, 2.75) is 3.79 Å². The summed E-state index contributed by atoms with van der Waals surface area (Å²) in [6.07, 6.45) is 0. The Balaban J connectivity index is 2.96. The molecule has 0 bridgehead atoms. The third-order valence-corrected chi connectivity index (χ3v) is 2.33. The van der Waals surface area contributed by atoms with Crippen molar-refractivity contribution < 1.29 is 19.0 Å². The van der Waals surface area contributed by atoms with Crippen molar-refractivity contribution in [1.82, 2.24) is 0 Å². The molecule has 0 saturated carbocycles. The molecule has 0 aliphatic heterocycles. The quantitative estimate of drug-likeness (QED) is 0.632.